The Bertz CT molecular complexity index is 1870. The molecule has 0 bridgehead atoms. The molecule has 4 aromatic rings. The second-order valence-electron chi connectivity index (χ2n) is 8.57. The van der Waals surface area contributed by atoms with Gasteiger partial charge in [-0.15, -0.1) is 3.89 Å². The Morgan fingerprint density at radius 3 is 2.20 bits per heavy atom. The summed E-state index contributed by atoms with van der Waals surface area (Å²) in [5.41, 5.74) is 14.4. The number of anilines is 3. The van der Waals surface area contributed by atoms with Crippen molar-refractivity contribution < 1.29 is 39.4 Å². The highest BCUT2D eigenvalue weighted by molar-refractivity contribution is 7.86. The monoisotopic (exact) mass is 688 g/mol. The number of amides is 2. The first-order valence-corrected chi connectivity index (χ1v) is 15.4. The molecule has 234 valence electrons. The fourth-order valence-corrected chi connectivity index (χ4v) is 4.36. The topological polar surface area (TPSA) is 237 Å². The van der Waals surface area contributed by atoms with Crippen molar-refractivity contribution in [2.45, 2.75) is 18.0 Å². The molecule has 0 saturated carbocycles. The number of hydrogen-bond acceptors (Lipinski definition) is 10. The molecule has 1 aromatic heterocycles. The summed E-state index contributed by atoms with van der Waals surface area (Å²) in [6.45, 7) is 0.188. The van der Waals surface area contributed by atoms with Crippen LogP contribution in [0.5, 0.6) is 5.75 Å². The summed E-state index contributed by atoms with van der Waals surface area (Å²) in [6, 6.07) is 16.2. The zero-order chi connectivity index (χ0) is 32.7. The predicted octanol–water partition coefficient (Wildman–Crippen LogP) is 4.52. The summed E-state index contributed by atoms with van der Waals surface area (Å²) in [5, 5.41) is 5.82. The summed E-state index contributed by atoms with van der Waals surface area (Å²) in [5.74, 6) is 0.674. The van der Waals surface area contributed by atoms with Crippen LogP contribution < -0.4 is 26.8 Å². The number of benzene rings is 3. The van der Waals surface area contributed by atoms with Crippen LogP contribution in [0, 0.1) is 0 Å². The lowest BCUT2D eigenvalue weighted by Crippen LogP contribution is -2.28. The number of aromatic nitrogens is 2. The number of halogens is 3. The van der Waals surface area contributed by atoms with E-state index in [0.29, 0.717) is 32.6 Å². The van der Waals surface area contributed by atoms with Crippen molar-refractivity contribution in [1.29, 1.82) is 0 Å². The largest absolute Gasteiger partial charge is 0.487 e. The summed E-state index contributed by atoms with van der Waals surface area (Å²) >= 11 is 12.2. The predicted molar refractivity (Wildman–Crippen MR) is 162 cm³/mol. The van der Waals surface area contributed by atoms with Crippen molar-refractivity contribution in [2.24, 2.45) is 0 Å². The van der Waals surface area contributed by atoms with Crippen LogP contribution in [0.15, 0.2) is 71.6 Å². The summed E-state index contributed by atoms with van der Waals surface area (Å²) in [6.07, 6.45) is 0. The summed E-state index contributed by atoms with van der Waals surface area (Å²) in [7, 11) is -9.55. The minimum absolute atomic E-state index is 0.00680. The Hall–Kier alpha value is -4.26. The molecule has 0 aliphatic carbocycles. The van der Waals surface area contributed by atoms with Gasteiger partial charge in [-0.3, -0.25) is 9.11 Å². The van der Waals surface area contributed by atoms with Crippen LogP contribution in [0.1, 0.15) is 11.3 Å². The van der Waals surface area contributed by atoms with Crippen LogP contribution in [0.4, 0.5) is 26.1 Å². The lowest BCUT2D eigenvalue weighted by molar-refractivity contribution is 0.251. The van der Waals surface area contributed by atoms with Crippen molar-refractivity contribution >= 4 is 67.3 Å². The number of nitrogens with one attached hydrogen (secondary N) is 2. The molecule has 0 atom stereocenters. The number of carbonyl (C=O) groups excluding carboxylic acids is 1. The number of carbonyl (C=O) groups is 1. The molecule has 0 spiro atoms. The van der Waals surface area contributed by atoms with E-state index in [1.807, 2.05) is 0 Å². The minimum Gasteiger partial charge on any atom is -0.487 e. The van der Waals surface area contributed by atoms with E-state index in [0.717, 1.165) is 17.7 Å². The van der Waals surface area contributed by atoms with E-state index >= 15 is 0 Å². The van der Waals surface area contributed by atoms with Gasteiger partial charge in [0.05, 0.1) is 15.7 Å². The molecule has 0 aliphatic heterocycles. The molecule has 0 radical (unpaired) electrons. The van der Waals surface area contributed by atoms with Crippen molar-refractivity contribution in [1.82, 2.24) is 15.3 Å². The van der Waals surface area contributed by atoms with E-state index in [2.05, 4.69) is 20.6 Å². The summed E-state index contributed by atoms with van der Waals surface area (Å²) in [4.78, 5) is 19.9. The van der Waals surface area contributed by atoms with Crippen molar-refractivity contribution in [3.8, 4) is 16.9 Å². The molecule has 1 heterocycles. The van der Waals surface area contributed by atoms with E-state index in [4.69, 9.17) is 56.9 Å². The van der Waals surface area contributed by atoms with Crippen LogP contribution >= 0.6 is 23.2 Å². The fourth-order valence-electron chi connectivity index (χ4n) is 3.56. The molecule has 4 rings (SSSR count). The maximum absolute atomic E-state index is 13.2. The maximum Gasteiger partial charge on any atom is 0.394 e. The van der Waals surface area contributed by atoms with Gasteiger partial charge >= 0.3 is 26.7 Å². The van der Waals surface area contributed by atoms with Crippen molar-refractivity contribution in [3.63, 3.8) is 0 Å². The van der Waals surface area contributed by atoms with Crippen LogP contribution in [0.3, 0.4) is 0 Å². The van der Waals surface area contributed by atoms with Gasteiger partial charge in [0.1, 0.15) is 23.1 Å². The standard InChI is InChI=1S/C25H21Cl2FN6O4S.H2O4S/c26-19-9-6-15(10-20(19)27)22-21(33-24(30)34-23(22)29)13-38-17-7-4-14(5-8-17)12-31-25(35)32-16-2-1-3-18(11-16)39(28,36)37;1-5(2,3)4/h1-11H,12-13H2,(H2,31,32,35)(H4,29,30,33,34);(H2,1,2,3,4). The number of nitrogen functional groups attached to an aromatic ring is 2. The molecule has 44 heavy (non-hydrogen) atoms. The minimum atomic E-state index is -4.88. The SMILES string of the molecule is Nc1nc(N)c(-c2ccc(Cl)c(Cl)c2)c(COc2ccc(CNC(=O)Nc3cccc(S(=O)(=O)F)c3)cc2)n1.O=S(=O)(O)O. The molecule has 0 unspecified atom stereocenters. The van der Waals surface area contributed by atoms with Crippen LogP contribution in [0.25, 0.3) is 11.1 Å². The van der Waals surface area contributed by atoms with Gasteiger partial charge in [-0.1, -0.05) is 47.5 Å². The Balaban J connectivity index is 0.000000978. The number of nitrogens with zero attached hydrogens (tertiary/aromatic N) is 2. The van der Waals surface area contributed by atoms with E-state index in [1.165, 1.54) is 12.1 Å². The Morgan fingerprint density at radius 2 is 1.59 bits per heavy atom. The van der Waals surface area contributed by atoms with Gasteiger partial charge in [0.2, 0.25) is 5.95 Å². The fraction of sp³-hybridized carbons (Fsp3) is 0.0800. The van der Waals surface area contributed by atoms with Gasteiger partial charge in [0.25, 0.3) is 0 Å². The molecule has 0 aliphatic rings. The van der Waals surface area contributed by atoms with E-state index in [-0.39, 0.29) is 30.6 Å². The van der Waals surface area contributed by atoms with E-state index in [1.54, 1.807) is 42.5 Å². The second kappa shape index (κ2) is 14.5. The quantitative estimate of drug-likeness (QED) is 0.111. The first-order valence-electron chi connectivity index (χ1n) is 11.9. The third-order valence-corrected chi connectivity index (χ3v) is 6.92. The number of nitrogens with two attached hydrogens (primary N) is 2. The van der Waals surface area contributed by atoms with Gasteiger partial charge in [-0.2, -0.15) is 21.8 Å². The molecule has 8 N–H and O–H groups in total. The smallest absolute Gasteiger partial charge is 0.394 e. The molecule has 0 fully saturated rings. The first kappa shape index (κ1) is 34.2. The molecular weight excluding hydrogens is 666 g/mol. The van der Waals surface area contributed by atoms with Crippen molar-refractivity contribution in [3.05, 3.63) is 88.0 Å². The Morgan fingerprint density at radius 1 is 0.932 bits per heavy atom. The highest BCUT2D eigenvalue weighted by Gasteiger charge is 2.16. The average Bonchev–Trinajstić information content (AvgIpc) is 2.91. The van der Waals surface area contributed by atoms with Crippen LogP contribution in [-0.2, 0) is 33.8 Å². The second-order valence-corrected chi connectivity index (χ2v) is 11.6. The average molecular weight is 690 g/mol. The molecule has 19 heteroatoms. The van der Waals surface area contributed by atoms with Gasteiger partial charge in [0, 0.05) is 17.8 Å². The molecular formula is C25H23Cl2FN6O8S2. The molecule has 2 amide bonds. The Kier molecular flexibility index (Phi) is 11.3. The van der Waals surface area contributed by atoms with E-state index < -0.39 is 31.5 Å². The summed E-state index contributed by atoms with van der Waals surface area (Å²) < 4.78 is 72.7. The number of urea groups is 1. The highest BCUT2D eigenvalue weighted by atomic mass is 35.5. The third kappa shape index (κ3) is 10.8. The number of hydrogen-bond donors (Lipinski definition) is 6. The molecule has 3 aromatic carbocycles. The third-order valence-electron chi connectivity index (χ3n) is 5.36. The zero-order valence-electron chi connectivity index (χ0n) is 22.1. The Labute approximate surface area is 261 Å². The first-order chi connectivity index (χ1) is 20.5. The molecule has 14 nitrogen and oxygen atoms in total. The van der Waals surface area contributed by atoms with E-state index in [9.17, 15) is 17.1 Å². The van der Waals surface area contributed by atoms with Gasteiger partial charge in [-0.25, -0.2) is 9.78 Å². The van der Waals surface area contributed by atoms with Crippen molar-refractivity contribution in [2.75, 3.05) is 16.8 Å². The lowest BCUT2D eigenvalue weighted by Gasteiger charge is -2.14. The lowest BCUT2D eigenvalue weighted by atomic mass is 10.0. The molecule has 0 saturated heterocycles. The van der Waals surface area contributed by atoms with Crippen LogP contribution in [-0.4, -0.2) is 41.9 Å². The van der Waals surface area contributed by atoms with Crippen LogP contribution in [0.2, 0.25) is 10.0 Å². The van der Waals surface area contributed by atoms with Gasteiger partial charge < -0.3 is 26.8 Å². The normalized spacial score (nSPS) is 11.2. The zero-order valence-corrected chi connectivity index (χ0v) is 25.3. The van der Waals surface area contributed by atoms with Gasteiger partial charge in [0.15, 0.2) is 0 Å². The number of ether oxygens (including phenoxy) is 1. The number of rotatable bonds is 8. The van der Waals surface area contributed by atoms with Gasteiger partial charge in [-0.05, 0) is 53.6 Å². The highest BCUT2D eigenvalue weighted by Crippen LogP contribution is 2.33. The maximum atomic E-state index is 13.2.